The molecule has 3 saturated carbocycles. The van der Waals surface area contributed by atoms with Gasteiger partial charge in [0.2, 0.25) is 0 Å². The van der Waals surface area contributed by atoms with Crippen LogP contribution in [0.1, 0.15) is 52.9 Å². The molecule has 6 atom stereocenters. The summed E-state index contributed by atoms with van der Waals surface area (Å²) >= 11 is 0. The van der Waals surface area contributed by atoms with Gasteiger partial charge in [-0.3, -0.25) is 9.59 Å². The molecule has 0 aromatic rings. The average Bonchev–Trinajstić information content (AvgIpc) is 3.08. The number of rotatable bonds is 4. The highest BCUT2D eigenvalue weighted by Crippen LogP contribution is 2.65. The van der Waals surface area contributed by atoms with Crippen molar-refractivity contribution in [2.24, 2.45) is 35.5 Å². The Morgan fingerprint density at radius 1 is 1.19 bits per heavy atom. The number of hydrogen-bond donors (Lipinski definition) is 1. The van der Waals surface area contributed by atoms with Gasteiger partial charge in [-0.25, -0.2) is 0 Å². The maximum absolute atomic E-state index is 12.2. The normalized spacial score (nSPS) is 42.1. The summed E-state index contributed by atoms with van der Waals surface area (Å²) in [6.45, 7) is 5.65. The SMILES string of the molecule is CC(C(=O)O)C(=O)OC1(C(C)C)CC2CC1C1CCCC21. The van der Waals surface area contributed by atoms with Gasteiger partial charge in [0.25, 0.3) is 0 Å². The van der Waals surface area contributed by atoms with E-state index in [4.69, 9.17) is 9.84 Å². The highest BCUT2D eigenvalue weighted by atomic mass is 16.6. The van der Waals surface area contributed by atoms with E-state index in [-0.39, 0.29) is 5.92 Å². The van der Waals surface area contributed by atoms with Gasteiger partial charge in [0.15, 0.2) is 5.92 Å². The van der Waals surface area contributed by atoms with Crippen LogP contribution < -0.4 is 0 Å². The molecular weight excluding hydrogens is 268 g/mol. The average molecular weight is 294 g/mol. The van der Waals surface area contributed by atoms with Gasteiger partial charge in [0.1, 0.15) is 5.60 Å². The van der Waals surface area contributed by atoms with Crippen molar-refractivity contribution in [3.63, 3.8) is 0 Å². The molecule has 118 valence electrons. The van der Waals surface area contributed by atoms with E-state index in [9.17, 15) is 9.59 Å². The van der Waals surface area contributed by atoms with E-state index in [0.717, 1.165) is 12.3 Å². The molecule has 2 bridgehead atoms. The molecule has 21 heavy (non-hydrogen) atoms. The largest absolute Gasteiger partial charge is 0.481 e. The monoisotopic (exact) mass is 294 g/mol. The van der Waals surface area contributed by atoms with Crippen molar-refractivity contribution in [1.29, 1.82) is 0 Å². The van der Waals surface area contributed by atoms with Gasteiger partial charge in [-0.2, -0.15) is 0 Å². The molecular formula is C17H26O4. The number of hydrogen-bond acceptors (Lipinski definition) is 3. The maximum Gasteiger partial charge on any atom is 0.320 e. The summed E-state index contributed by atoms with van der Waals surface area (Å²) in [7, 11) is 0. The number of esters is 1. The zero-order valence-electron chi connectivity index (χ0n) is 13.2. The number of carboxylic acids is 1. The van der Waals surface area contributed by atoms with E-state index in [1.165, 1.54) is 32.6 Å². The fraction of sp³-hybridized carbons (Fsp3) is 0.882. The van der Waals surface area contributed by atoms with E-state index >= 15 is 0 Å². The molecule has 4 heteroatoms. The van der Waals surface area contributed by atoms with Crippen LogP contribution in [0.4, 0.5) is 0 Å². The Bertz CT molecular complexity index is 458. The first-order valence-corrected chi connectivity index (χ1v) is 8.32. The van der Waals surface area contributed by atoms with Crippen molar-refractivity contribution in [3.05, 3.63) is 0 Å². The molecule has 4 nitrogen and oxygen atoms in total. The second kappa shape index (κ2) is 4.99. The molecule has 6 unspecified atom stereocenters. The lowest BCUT2D eigenvalue weighted by Gasteiger charge is -2.45. The summed E-state index contributed by atoms with van der Waals surface area (Å²) in [6.07, 6.45) is 6.00. The lowest BCUT2D eigenvalue weighted by molar-refractivity contribution is -0.185. The van der Waals surface area contributed by atoms with Crippen molar-refractivity contribution in [2.45, 2.75) is 58.5 Å². The predicted molar refractivity (Wildman–Crippen MR) is 77.5 cm³/mol. The first-order valence-electron chi connectivity index (χ1n) is 8.32. The highest BCUT2D eigenvalue weighted by Gasteiger charge is 2.64. The van der Waals surface area contributed by atoms with Crippen LogP contribution >= 0.6 is 0 Å². The molecule has 0 saturated heterocycles. The van der Waals surface area contributed by atoms with Gasteiger partial charge in [-0.15, -0.1) is 0 Å². The topological polar surface area (TPSA) is 63.6 Å². The van der Waals surface area contributed by atoms with Crippen LogP contribution in [0.15, 0.2) is 0 Å². The summed E-state index contributed by atoms with van der Waals surface area (Å²) < 4.78 is 5.91. The Balaban J connectivity index is 1.82. The number of carbonyl (C=O) groups excluding carboxylic acids is 1. The van der Waals surface area contributed by atoms with E-state index in [1.54, 1.807) is 0 Å². The van der Waals surface area contributed by atoms with Gasteiger partial charge < -0.3 is 9.84 Å². The number of aliphatic carboxylic acids is 1. The Labute approximate surface area is 126 Å². The lowest BCUT2D eigenvalue weighted by atomic mass is 9.68. The zero-order chi connectivity index (χ0) is 15.4. The van der Waals surface area contributed by atoms with Crippen LogP contribution in [0.3, 0.4) is 0 Å². The third kappa shape index (κ3) is 2.09. The third-order valence-electron chi connectivity index (χ3n) is 6.50. The fourth-order valence-corrected chi connectivity index (χ4v) is 5.41. The molecule has 3 aliphatic carbocycles. The van der Waals surface area contributed by atoms with Crippen molar-refractivity contribution < 1.29 is 19.4 Å². The lowest BCUT2D eigenvalue weighted by Crippen LogP contribution is -2.50. The van der Waals surface area contributed by atoms with Crippen molar-refractivity contribution in [1.82, 2.24) is 0 Å². The van der Waals surface area contributed by atoms with Gasteiger partial charge in [-0.1, -0.05) is 20.3 Å². The minimum atomic E-state index is -1.10. The molecule has 0 heterocycles. The number of ether oxygens (including phenoxy) is 1. The molecule has 0 amide bonds. The summed E-state index contributed by atoms with van der Waals surface area (Å²) in [5.41, 5.74) is -0.420. The van der Waals surface area contributed by atoms with Crippen LogP contribution in [0.2, 0.25) is 0 Å². The Morgan fingerprint density at radius 3 is 2.48 bits per heavy atom. The van der Waals surface area contributed by atoms with Crippen LogP contribution in [0.5, 0.6) is 0 Å². The van der Waals surface area contributed by atoms with Crippen molar-refractivity contribution >= 4 is 11.9 Å². The first-order chi connectivity index (χ1) is 9.86. The van der Waals surface area contributed by atoms with Gasteiger partial charge in [-0.05, 0) is 56.3 Å². The fourth-order valence-electron chi connectivity index (χ4n) is 5.41. The Hall–Kier alpha value is -1.06. The van der Waals surface area contributed by atoms with Gasteiger partial charge in [0, 0.05) is 5.92 Å². The molecule has 0 aromatic carbocycles. The highest BCUT2D eigenvalue weighted by molar-refractivity contribution is 5.93. The summed E-state index contributed by atoms with van der Waals surface area (Å²) in [5.74, 6) is 0.173. The number of carboxylic acid groups (broad SMARTS) is 1. The molecule has 0 aromatic heterocycles. The van der Waals surface area contributed by atoms with Crippen molar-refractivity contribution in [2.75, 3.05) is 0 Å². The second-order valence-electron chi connectivity index (χ2n) is 7.66. The summed E-state index contributed by atoms with van der Waals surface area (Å²) in [6, 6.07) is 0. The molecule has 3 aliphatic rings. The smallest absolute Gasteiger partial charge is 0.320 e. The quantitative estimate of drug-likeness (QED) is 0.639. The number of fused-ring (bicyclic) bond motifs is 5. The minimum absolute atomic E-state index is 0.249. The zero-order valence-corrected chi connectivity index (χ0v) is 13.2. The van der Waals surface area contributed by atoms with Crippen LogP contribution in [-0.2, 0) is 14.3 Å². The summed E-state index contributed by atoms with van der Waals surface area (Å²) in [5, 5.41) is 9.03. The standard InChI is InChI=1S/C17H26O4/c1-9(2)17(21-16(20)10(3)15(18)19)8-11-7-14(17)13-6-4-5-12(11)13/h9-14H,4-8H2,1-3H3,(H,18,19). The molecule has 3 fully saturated rings. The van der Waals surface area contributed by atoms with Crippen LogP contribution in [0, 0.1) is 35.5 Å². The van der Waals surface area contributed by atoms with E-state index in [0.29, 0.717) is 17.8 Å². The van der Waals surface area contributed by atoms with E-state index < -0.39 is 23.5 Å². The van der Waals surface area contributed by atoms with Gasteiger partial charge in [0.05, 0.1) is 0 Å². The van der Waals surface area contributed by atoms with E-state index in [1.807, 2.05) is 0 Å². The summed E-state index contributed by atoms with van der Waals surface area (Å²) in [4.78, 5) is 23.2. The predicted octanol–water partition coefficient (Wildman–Crippen LogP) is 3.10. The Morgan fingerprint density at radius 2 is 1.86 bits per heavy atom. The van der Waals surface area contributed by atoms with Gasteiger partial charge >= 0.3 is 11.9 Å². The number of carbonyl (C=O) groups is 2. The molecule has 0 aliphatic heterocycles. The minimum Gasteiger partial charge on any atom is -0.481 e. The third-order valence-corrected chi connectivity index (χ3v) is 6.50. The first kappa shape index (κ1) is 14.9. The second-order valence-corrected chi connectivity index (χ2v) is 7.66. The van der Waals surface area contributed by atoms with Crippen LogP contribution in [0.25, 0.3) is 0 Å². The van der Waals surface area contributed by atoms with E-state index in [2.05, 4.69) is 13.8 Å². The molecule has 3 rings (SSSR count). The van der Waals surface area contributed by atoms with Crippen molar-refractivity contribution in [3.8, 4) is 0 Å². The molecule has 1 N–H and O–H groups in total. The van der Waals surface area contributed by atoms with Crippen LogP contribution in [-0.4, -0.2) is 22.6 Å². The Kier molecular flexibility index (Phi) is 3.53. The maximum atomic E-state index is 12.2. The molecule has 0 spiro atoms. The molecule has 0 radical (unpaired) electrons.